The Kier molecular flexibility index (Phi) is 3.52. The Hall–Kier alpha value is -1.39. The lowest BCUT2D eigenvalue weighted by Gasteiger charge is -2.34. The molecule has 0 unspecified atom stereocenters. The third kappa shape index (κ3) is 2.13. The van der Waals surface area contributed by atoms with Crippen LogP contribution in [0.1, 0.15) is 41.6 Å². The Balaban J connectivity index is 1.80. The highest BCUT2D eigenvalue weighted by atomic mass is 16.6. The SMILES string of the molecule is Cc1ccccc1C(=O)O[C@@]12CCCN1[C@H](CO)CC2. The smallest absolute Gasteiger partial charge is 0.340 e. The summed E-state index contributed by atoms with van der Waals surface area (Å²) in [6, 6.07) is 7.66. The van der Waals surface area contributed by atoms with Crippen molar-refractivity contribution in [3.05, 3.63) is 35.4 Å². The maximum Gasteiger partial charge on any atom is 0.340 e. The molecule has 0 aromatic heterocycles. The number of aryl methyl sites for hydroxylation is 1. The molecule has 3 rings (SSSR count). The van der Waals surface area contributed by atoms with Gasteiger partial charge >= 0.3 is 5.97 Å². The summed E-state index contributed by atoms with van der Waals surface area (Å²) >= 11 is 0. The Morgan fingerprint density at radius 3 is 3.00 bits per heavy atom. The average molecular weight is 275 g/mol. The molecule has 2 saturated heterocycles. The molecule has 0 radical (unpaired) electrons. The minimum atomic E-state index is -0.479. The molecule has 1 aromatic carbocycles. The van der Waals surface area contributed by atoms with Crippen molar-refractivity contribution in [2.45, 2.75) is 44.4 Å². The van der Waals surface area contributed by atoms with Crippen LogP contribution >= 0.6 is 0 Å². The zero-order valence-corrected chi connectivity index (χ0v) is 11.8. The lowest BCUT2D eigenvalue weighted by Crippen LogP contribution is -2.46. The molecule has 2 atom stereocenters. The molecule has 0 spiro atoms. The Morgan fingerprint density at radius 2 is 2.25 bits per heavy atom. The van der Waals surface area contributed by atoms with Gasteiger partial charge in [0, 0.05) is 25.4 Å². The zero-order chi connectivity index (χ0) is 14.2. The summed E-state index contributed by atoms with van der Waals surface area (Å²) in [4.78, 5) is 14.6. The first kappa shape index (κ1) is 13.6. The van der Waals surface area contributed by atoms with Crippen molar-refractivity contribution in [2.75, 3.05) is 13.2 Å². The van der Waals surface area contributed by atoms with E-state index >= 15 is 0 Å². The van der Waals surface area contributed by atoms with Crippen molar-refractivity contribution in [1.29, 1.82) is 0 Å². The summed E-state index contributed by atoms with van der Waals surface area (Å²) in [7, 11) is 0. The number of rotatable bonds is 3. The van der Waals surface area contributed by atoms with Gasteiger partial charge in [0.25, 0.3) is 0 Å². The van der Waals surface area contributed by atoms with Gasteiger partial charge in [0.15, 0.2) is 5.72 Å². The number of aliphatic hydroxyl groups is 1. The summed E-state index contributed by atoms with van der Waals surface area (Å²) in [5, 5.41) is 9.44. The first-order chi connectivity index (χ1) is 9.66. The van der Waals surface area contributed by atoms with E-state index < -0.39 is 5.72 Å². The van der Waals surface area contributed by atoms with E-state index in [0.29, 0.717) is 5.56 Å². The molecule has 0 aliphatic carbocycles. The number of ether oxygens (including phenoxy) is 1. The van der Waals surface area contributed by atoms with Crippen molar-refractivity contribution in [2.24, 2.45) is 0 Å². The van der Waals surface area contributed by atoms with Gasteiger partial charge in [-0.2, -0.15) is 0 Å². The number of fused-ring (bicyclic) bond motifs is 1. The van der Waals surface area contributed by atoms with E-state index in [2.05, 4.69) is 4.90 Å². The van der Waals surface area contributed by atoms with Crippen LogP contribution in [0.3, 0.4) is 0 Å². The van der Waals surface area contributed by atoms with Crippen molar-refractivity contribution in [3.8, 4) is 0 Å². The second kappa shape index (κ2) is 5.19. The first-order valence-corrected chi connectivity index (χ1v) is 7.33. The highest BCUT2D eigenvalue weighted by Gasteiger charge is 2.52. The maximum atomic E-state index is 12.4. The van der Waals surface area contributed by atoms with Crippen molar-refractivity contribution in [3.63, 3.8) is 0 Å². The second-order valence-electron chi connectivity index (χ2n) is 5.82. The lowest BCUT2D eigenvalue weighted by molar-refractivity contribution is -0.0883. The van der Waals surface area contributed by atoms with Crippen LogP contribution < -0.4 is 0 Å². The fourth-order valence-electron chi connectivity index (χ4n) is 3.58. The van der Waals surface area contributed by atoms with Gasteiger partial charge in [0.2, 0.25) is 0 Å². The zero-order valence-electron chi connectivity index (χ0n) is 11.8. The van der Waals surface area contributed by atoms with E-state index in [1.807, 2.05) is 31.2 Å². The Bertz CT molecular complexity index is 516. The van der Waals surface area contributed by atoms with Crippen LogP contribution in [0.5, 0.6) is 0 Å². The summed E-state index contributed by atoms with van der Waals surface area (Å²) in [6.45, 7) is 2.97. The van der Waals surface area contributed by atoms with E-state index in [4.69, 9.17) is 4.74 Å². The van der Waals surface area contributed by atoms with Gasteiger partial charge in [-0.25, -0.2) is 4.79 Å². The van der Waals surface area contributed by atoms with Crippen LogP contribution in [-0.2, 0) is 4.74 Å². The number of carbonyl (C=O) groups is 1. The molecule has 0 amide bonds. The van der Waals surface area contributed by atoms with Crippen LogP contribution in [0, 0.1) is 6.92 Å². The number of nitrogens with zero attached hydrogens (tertiary/aromatic N) is 1. The molecule has 1 N–H and O–H groups in total. The van der Waals surface area contributed by atoms with Crippen LogP contribution in [0.2, 0.25) is 0 Å². The summed E-state index contributed by atoms with van der Waals surface area (Å²) < 4.78 is 5.90. The molecule has 20 heavy (non-hydrogen) atoms. The van der Waals surface area contributed by atoms with E-state index in [9.17, 15) is 9.90 Å². The molecule has 4 nitrogen and oxygen atoms in total. The number of carbonyl (C=O) groups excluding carboxylic acids is 1. The third-order valence-corrected chi connectivity index (χ3v) is 4.66. The van der Waals surface area contributed by atoms with Gasteiger partial charge in [-0.1, -0.05) is 18.2 Å². The van der Waals surface area contributed by atoms with Gasteiger partial charge in [-0.05, 0) is 31.4 Å². The molecule has 2 heterocycles. The van der Waals surface area contributed by atoms with Crippen molar-refractivity contribution >= 4 is 5.97 Å². The molecule has 2 fully saturated rings. The number of esters is 1. The topological polar surface area (TPSA) is 49.8 Å². The minimum absolute atomic E-state index is 0.141. The van der Waals surface area contributed by atoms with E-state index in [0.717, 1.165) is 37.8 Å². The predicted octanol–water partition coefficient (Wildman–Crippen LogP) is 2.10. The lowest BCUT2D eigenvalue weighted by atomic mass is 10.1. The fourth-order valence-corrected chi connectivity index (χ4v) is 3.58. The summed E-state index contributed by atoms with van der Waals surface area (Å²) in [5.74, 6) is -0.242. The molecule has 0 bridgehead atoms. The predicted molar refractivity (Wildman–Crippen MR) is 75.4 cm³/mol. The van der Waals surface area contributed by atoms with E-state index in [-0.39, 0.29) is 18.6 Å². The molecule has 2 aliphatic rings. The molecule has 1 aromatic rings. The van der Waals surface area contributed by atoms with Crippen molar-refractivity contribution in [1.82, 2.24) is 4.90 Å². The third-order valence-electron chi connectivity index (χ3n) is 4.66. The van der Waals surface area contributed by atoms with Gasteiger partial charge in [-0.15, -0.1) is 0 Å². The van der Waals surface area contributed by atoms with E-state index in [1.165, 1.54) is 0 Å². The quantitative estimate of drug-likeness (QED) is 0.858. The molecule has 0 saturated carbocycles. The second-order valence-corrected chi connectivity index (χ2v) is 5.82. The Labute approximate surface area is 119 Å². The standard InChI is InChI=1S/C16H21NO3/c1-12-5-2-3-6-14(12)15(19)20-16-8-4-10-17(16)13(11-18)7-9-16/h2-3,5-6,13,18H,4,7-11H2,1H3/t13-,16+/m0/s1. The molecule has 2 aliphatic heterocycles. The number of hydrogen-bond acceptors (Lipinski definition) is 4. The maximum absolute atomic E-state index is 12.4. The number of aliphatic hydroxyl groups excluding tert-OH is 1. The highest BCUT2D eigenvalue weighted by molar-refractivity contribution is 5.91. The van der Waals surface area contributed by atoms with Crippen LogP contribution in [0.25, 0.3) is 0 Å². The van der Waals surface area contributed by atoms with Crippen molar-refractivity contribution < 1.29 is 14.6 Å². The first-order valence-electron chi connectivity index (χ1n) is 7.33. The van der Waals surface area contributed by atoms with Gasteiger partial charge in [-0.3, -0.25) is 4.90 Å². The minimum Gasteiger partial charge on any atom is -0.440 e. The highest BCUT2D eigenvalue weighted by Crippen LogP contribution is 2.43. The largest absolute Gasteiger partial charge is 0.440 e. The van der Waals surface area contributed by atoms with Gasteiger partial charge in [0.05, 0.1) is 12.2 Å². The van der Waals surface area contributed by atoms with Gasteiger partial charge in [0.1, 0.15) is 0 Å². The number of benzene rings is 1. The average Bonchev–Trinajstić information content (AvgIpc) is 2.97. The summed E-state index contributed by atoms with van der Waals surface area (Å²) in [5.41, 5.74) is 1.10. The normalized spacial score (nSPS) is 29.4. The molecule has 108 valence electrons. The fraction of sp³-hybridized carbons (Fsp3) is 0.562. The molecular weight excluding hydrogens is 254 g/mol. The summed E-state index contributed by atoms with van der Waals surface area (Å²) in [6.07, 6.45) is 3.63. The van der Waals surface area contributed by atoms with E-state index in [1.54, 1.807) is 0 Å². The van der Waals surface area contributed by atoms with Crippen LogP contribution in [0.15, 0.2) is 24.3 Å². The monoisotopic (exact) mass is 275 g/mol. The van der Waals surface area contributed by atoms with Crippen LogP contribution in [0.4, 0.5) is 0 Å². The Morgan fingerprint density at radius 1 is 1.45 bits per heavy atom. The van der Waals surface area contributed by atoms with Crippen LogP contribution in [-0.4, -0.2) is 40.9 Å². The molecular formula is C16H21NO3. The van der Waals surface area contributed by atoms with Gasteiger partial charge < -0.3 is 9.84 Å². The number of hydrogen-bond donors (Lipinski definition) is 1. The molecule has 4 heteroatoms.